The third-order valence-corrected chi connectivity index (χ3v) is 8.44. The van der Waals surface area contributed by atoms with Gasteiger partial charge in [-0.1, -0.05) is 51.0 Å². The van der Waals surface area contributed by atoms with Crippen molar-refractivity contribution in [2.75, 3.05) is 0 Å². The van der Waals surface area contributed by atoms with Gasteiger partial charge in [-0.25, -0.2) is 0 Å². The highest BCUT2D eigenvalue weighted by molar-refractivity contribution is 5.38. The minimum Gasteiger partial charge on any atom is -0.393 e. The van der Waals surface area contributed by atoms with Crippen molar-refractivity contribution in [2.24, 2.45) is 23.2 Å². The second-order valence-corrected chi connectivity index (χ2v) is 11.3. The zero-order chi connectivity index (χ0) is 22.1. The highest BCUT2D eigenvalue weighted by Gasteiger charge is 2.50. The van der Waals surface area contributed by atoms with Crippen LogP contribution in [0.2, 0.25) is 0 Å². The van der Waals surface area contributed by atoms with Gasteiger partial charge in [0.15, 0.2) is 0 Å². The van der Waals surface area contributed by atoms with Crippen LogP contribution in [0.1, 0.15) is 91.9 Å². The van der Waals surface area contributed by atoms with Crippen molar-refractivity contribution in [1.82, 2.24) is 0 Å². The number of rotatable bonds is 6. The van der Waals surface area contributed by atoms with Crippen LogP contribution in [0.5, 0.6) is 0 Å². The van der Waals surface area contributed by atoms with Crippen molar-refractivity contribution in [2.45, 2.75) is 110 Å². The van der Waals surface area contributed by atoms with Crippen LogP contribution in [-0.2, 0) is 0 Å². The lowest BCUT2D eigenvalue weighted by molar-refractivity contribution is 0.0596. The summed E-state index contributed by atoms with van der Waals surface area (Å²) in [7, 11) is 0. The largest absolute Gasteiger partial charge is 0.393 e. The average molecular weight is 417 g/mol. The van der Waals surface area contributed by atoms with Gasteiger partial charge in [0.05, 0.1) is 17.8 Å². The second-order valence-electron chi connectivity index (χ2n) is 11.3. The van der Waals surface area contributed by atoms with Crippen molar-refractivity contribution >= 4 is 0 Å². The minimum absolute atomic E-state index is 0.374. The third-order valence-electron chi connectivity index (χ3n) is 8.44. The molecule has 3 aliphatic rings. The summed E-state index contributed by atoms with van der Waals surface area (Å²) >= 11 is 0. The summed E-state index contributed by atoms with van der Waals surface area (Å²) in [5.74, 6) is 2.11. The molecule has 3 aliphatic carbocycles. The maximum absolute atomic E-state index is 10.1. The van der Waals surface area contributed by atoms with E-state index in [9.17, 15) is 15.3 Å². The average Bonchev–Trinajstić information content (AvgIpc) is 3.00. The van der Waals surface area contributed by atoms with Gasteiger partial charge in [0, 0.05) is 6.42 Å². The Bertz CT molecular complexity index is 683. The molecular formula is C27H44O3. The first kappa shape index (κ1) is 23.8. The van der Waals surface area contributed by atoms with Crippen molar-refractivity contribution in [3.63, 3.8) is 0 Å². The number of aliphatic hydroxyl groups excluding tert-OH is 2. The molecule has 0 heterocycles. The molecule has 0 aromatic carbocycles. The van der Waals surface area contributed by atoms with E-state index in [0.717, 1.165) is 29.9 Å². The van der Waals surface area contributed by atoms with Crippen molar-refractivity contribution in [3.8, 4) is 0 Å². The van der Waals surface area contributed by atoms with E-state index in [4.69, 9.17) is 0 Å². The van der Waals surface area contributed by atoms with Gasteiger partial charge < -0.3 is 15.3 Å². The van der Waals surface area contributed by atoms with Gasteiger partial charge in [-0.2, -0.15) is 0 Å². The van der Waals surface area contributed by atoms with Crippen molar-refractivity contribution in [1.29, 1.82) is 0 Å². The normalized spacial score (nSPS) is 38.8. The van der Waals surface area contributed by atoms with E-state index < -0.39 is 17.8 Å². The van der Waals surface area contributed by atoms with E-state index in [1.807, 2.05) is 13.8 Å². The monoisotopic (exact) mass is 416 g/mol. The fraction of sp³-hybridized carbons (Fsp3) is 0.778. The van der Waals surface area contributed by atoms with Gasteiger partial charge in [-0.05, 0) is 93.1 Å². The number of hydrogen-bond donors (Lipinski definition) is 3. The summed E-state index contributed by atoms with van der Waals surface area (Å²) in [6.07, 6.45) is 13.9. The van der Waals surface area contributed by atoms with E-state index >= 15 is 0 Å². The van der Waals surface area contributed by atoms with Crippen LogP contribution in [0.4, 0.5) is 0 Å². The molecule has 30 heavy (non-hydrogen) atoms. The predicted molar refractivity (Wildman–Crippen MR) is 124 cm³/mol. The highest BCUT2D eigenvalue weighted by atomic mass is 16.3. The molecule has 3 heteroatoms. The summed E-state index contributed by atoms with van der Waals surface area (Å²) < 4.78 is 0. The summed E-state index contributed by atoms with van der Waals surface area (Å²) in [6, 6.07) is 0. The Balaban J connectivity index is 1.70. The lowest BCUT2D eigenvalue weighted by Crippen LogP contribution is -2.36. The number of fused-ring (bicyclic) bond motifs is 1. The molecule has 3 saturated carbocycles. The molecule has 0 saturated heterocycles. The minimum atomic E-state index is -0.615. The summed E-state index contributed by atoms with van der Waals surface area (Å²) in [4.78, 5) is 0. The fourth-order valence-electron chi connectivity index (χ4n) is 6.74. The van der Waals surface area contributed by atoms with E-state index in [1.165, 1.54) is 38.5 Å². The molecule has 170 valence electrons. The van der Waals surface area contributed by atoms with Crippen LogP contribution in [0.15, 0.2) is 35.5 Å². The Morgan fingerprint density at radius 2 is 1.97 bits per heavy atom. The maximum atomic E-state index is 10.1. The third kappa shape index (κ3) is 5.29. The molecule has 3 N–H and O–H groups in total. The SMILES string of the molecule is C=C1/C(=C\C=C2/CCC[C@@]3(C)C2CCC3[C@@H](C)CCCC(C)(C)O)C[C@@H](O)C[C@@H]1O. The van der Waals surface area contributed by atoms with Gasteiger partial charge in [0.1, 0.15) is 0 Å². The van der Waals surface area contributed by atoms with Crippen molar-refractivity contribution < 1.29 is 15.3 Å². The summed E-state index contributed by atoms with van der Waals surface area (Å²) in [6.45, 7) is 12.8. The van der Waals surface area contributed by atoms with Crippen LogP contribution in [-0.4, -0.2) is 33.1 Å². The Kier molecular flexibility index (Phi) is 7.37. The molecule has 0 spiro atoms. The van der Waals surface area contributed by atoms with Gasteiger partial charge >= 0.3 is 0 Å². The van der Waals surface area contributed by atoms with E-state index in [-0.39, 0.29) is 0 Å². The van der Waals surface area contributed by atoms with Crippen LogP contribution >= 0.6 is 0 Å². The molecular weight excluding hydrogens is 372 g/mol. The smallest absolute Gasteiger partial charge is 0.0811 e. The molecule has 3 fully saturated rings. The molecule has 2 unspecified atom stereocenters. The lowest BCUT2D eigenvalue weighted by atomic mass is 9.60. The topological polar surface area (TPSA) is 60.7 Å². The Morgan fingerprint density at radius 1 is 1.23 bits per heavy atom. The molecule has 3 nitrogen and oxygen atoms in total. The van der Waals surface area contributed by atoms with E-state index in [2.05, 4.69) is 32.6 Å². The maximum Gasteiger partial charge on any atom is 0.0811 e. The quantitative estimate of drug-likeness (QED) is 0.520. The molecule has 3 rings (SSSR count). The van der Waals surface area contributed by atoms with E-state index in [0.29, 0.717) is 30.1 Å². The van der Waals surface area contributed by atoms with Gasteiger partial charge in [0.2, 0.25) is 0 Å². The van der Waals surface area contributed by atoms with Crippen molar-refractivity contribution in [3.05, 3.63) is 35.5 Å². The number of hydrogen-bond acceptors (Lipinski definition) is 3. The fourth-order valence-corrected chi connectivity index (χ4v) is 6.74. The van der Waals surface area contributed by atoms with Crippen LogP contribution in [0, 0.1) is 23.2 Å². The summed E-state index contributed by atoms with van der Waals surface area (Å²) in [5, 5.41) is 30.2. The molecule has 6 atom stereocenters. The molecule has 0 amide bonds. The Morgan fingerprint density at radius 3 is 2.67 bits per heavy atom. The van der Waals surface area contributed by atoms with Gasteiger partial charge in [0.25, 0.3) is 0 Å². The molecule has 0 aromatic rings. The van der Waals surface area contributed by atoms with E-state index in [1.54, 1.807) is 5.57 Å². The summed E-state index contributed by atoms with van der Waals surface area (Å²) in [5.41, 5.74) is 3.17. The lowest BCUT2D eigenvalue weighted by Gasteiger charge is -2.44. The molecule has 0 radical (unpaired) electrons. The number of aliphatic hydroxyl groups is 3. The van der Waals surface area contributed by atoms with Crippen LogP contribution in [0.3, 0.4) is 0 Å². The van der Waals surface area contributed by atoms with Crippen LogP contribution in [0.25, 0.3) is 0 Å². The van der Waals surface area contributed by atoms with Gasteiger partial charge in [-0.3, -0.25) is 0 Å². The van der Waals surface area contributed by atoms with Crippen LogP contribution < -0.4 is 0 Å². The molecule has 0 bridgehead atoms. The first-order valence-corrected chi connectivity index (χ1v) is 12.2. The zero-order valence-electron chi connectivity index (χ0n) is 19.7. The Labute approximate surface area is 184 Å². The standard InChI is InChI=1S/C27H44O3/c1-18(8-6-14-26(3,4)30)23-12-13-24-20(9-7-15-27(23,24)5)10-11-21-16-22(28)17-25(29)19(21)2/h10-11,18,22-25,28-30H,2,6-9,12-17H2,1,3-5H3/b20-10+,21-11-/t18-,22+,23?,24?,25-,27+/m0/s1. The predicted octanol–water partition coefficient (Wildman–Crippen LogP) is 5.70. The first-order chi connectivity index (χ1) is 14.0. The molecule has 0 aliphatic heterocycles. The van der Waals surface area contributed by atoms with Gasteiger partial charge in [-0.15, -0.1) is 0 Å². The first-order valence-electron chi connectivity index (χ1n) is 12.2. The highest BCUT2D eigenvalue weighted by Crippen LogP contribution is 2.60. The second kappa shape index (κ2) is 9.30. The Hall–Kier alpha value is -0.900. The number of allylic oxidation sites excluding steroid dienone is 3. The zero-order valence-corrected chi connectivity index (χ0v) is 19.7. The molecule has 0 aromatic heterocycles.